The maximum atomic E-state index is 8.70. The monoisotopic (exact) mass is 226 g/mol. The van der Waals surface area contributed by atoms with Gasteiger partial charge in [0.2, 0.25) is 0 Å². The molecule has 0 aromatic carbocycles. The molecule has 0 fully saturated rings. The first-order valence-corrected chi connectivity index (χ1v) is 5.70. The highest BCUT2D eigenvalue weighted by atomic mass is 15.1. The quantitative estimate of drug-likeness (QED) is 0.871. The van der Waals surface area contributed by atoms with E-state index in [1.165, 1.54) is 0 Å². The van der Waals surface area contributed by atoms with Crippen LogP contribution in [0.1, 0.15) is 24.6 Å². The molecule has 0 aliphatic heterocycles. The molecule has 4 nitrogen and oxygen atoms in total. The lowest BCUT2D eigenvalue weighted by Gasteiger charge is -2.02. The van der Waals surface area contributed by atoms with Crippen molar-refractivity contribution in [1.29, 1.82) is 5.26 Å². The van der Waals surface area contributed by atoms with Crippen LogP contribution in [-0.2, 0) is 12.8 Å². The maximum Gasteiger partial charge on any atom is 0.0956 e. The fourth-order valence-electron chi connectivity index (χ4n) is 1.89. The van der Waals surface area contributed by atoms with E-state index in [-0.39, 0.29) is 0 Å². The zero-order valence-electron chi connectivity index (χ0n) is 9.77. The molecule has 0 atom stereocenters. The third-order valence-electron chi connectivity index (χ3n) is 2.75. The Morgan fingerprint density at radius 2 is 2.12 bits per heavy atom. The Morgan fingerprint density at radius 1 is 1.35 bits per heavy atom. The Bertz CT molecular complexity index is 522. The molecule has 0 spiro atoms. The number of aromatic amines is 1. The highest BCUT2D eigenvalue weighted by Gasteiger charge is 2.12. The lowest BCUT2D eigenvalue weighted by molar-refractivity contribution is 0.936. The average molecular weight is 226 g/mol. The summed E-state index contributed by atoms with van der Waals surface area (Å²) in [6.07, 6.45) is 5.67. The Kier molecular flexibility index (Phi) is 3.51. The highest BCUT2D eigenvalue weighted by Crippen LogP contribution is 2.24. The minimum Gasteiger partial charge on any atom is -0.282 e. The van der Waals surface area contributed by atoms with Crippen molar-refractivity contribution >= 4 is 0 Å². The average Bonchev–Trinajstić information content (AvgIpc) is 2.80. The van der Waals surface area contributed by atoms with Gasteiger partial charge >= 0.3 is 0 Å². The van der Waals surface area contributed by atoms with Crippen LogP contribution in [0.2, 0.25) is 0 Å². The summed E-state index contributed by atoms with van der Waals surface area (Å²) in [5, 5.41) is 16.1. The lowest BCUT2D eigenvalue weighted by atomic mass is 10.0. The van der Waals surface area contributed by atoms with E-state index in [2.05, 4.69) is 28.2 Å². The first kappa shape index (κ1) is 11.3. The van der Waals surface area contributed by atoms with E-state index in [0.717, 1.165) is 35.4 Å². The molecule has 2 aromatic rings. The van der Waals surface area contributed by atoms with Gasteiger partial charge in [-0.25, -0.2) is 0 Å². The van der Waals surface area contributed by atoms with Gasteiger partial charge in [-0.05, 0) is 25.0 Å². The molecule has 86 valence electrons. The summed E-state index contributed by atoms with van der Waals surface area (Å²) < 4.78 is 0. The second kappa shape index (κ2) is 5.26. The van der Waals surface area contributed by atoms with E-state index in [4.69, 9.17) is 5.26 Å². The van der Waals surface area contributed by atoms with E-state index in [9.17, 15) is 0 Å². The van der Waals surface area contributed by atoms with E-state index in [1.54, 1.807) is 12.4 Å². The van der Waals surface area contributed by atoms with Crippen molar-refractivity contribution in [2.45, 2.75) is 26.2 Å². The van der Waals surface area contributed by atoms with Crippen LogP contribution in [0.5, 0.6) is 0 Å². The molecule has 2 heterocycles. The van der Waals surface area contributed by atoms with Crippen molar-refractivity contribution in [1.82, 2.24) is 15.2 Å². The molecule has 0 bridgehead atoms. The molecular weight excluding hydrogens is 212 g/mol. The summed E-state index contributed by atoms with van der Waals surface area (Å²) in [5.41, 5.74) is 4.26. The number of hydrogen-bond donors (Lipinski definition) is 1. The van der Waals surface area contributed by atoms with Crippen molar-refractivity contribution in [2.24, 2.45) is 0 Å². The number of hydrogen-bond acceptors (Lipinski definition) is 3. The first-order chi connectivity index (χ1) is 8.36. The summed E-state index contributed by atoms with van der Waals surface area (Å²) in [6, 6.07) is 6.05. The molecule has 2 aromatic heterocycles. The normalized spacial score (nSPS) is 10.1. The standard InChI is InChI=1S/C13H14N4/c1-2-12-11(4-3-7-14)13(17-16-12)10-5-8-15-9-6-10/h5-6,8-9H,2-4H2,1H3,(H,16,17). The SMILES string of the molecule is CCc1[nH]nc(-c2ccncc2)c1CCC#N. The van der Waals surface area contributed by atoms with E-state index >= 15 is 0 Å². The number of aryl methyl sites for hydroxylation is 1. The predicted molar refractivity (Wildman–Crippen MR) is 65.1 cm³/mol. The summed E-state index contributed by atoms with van der Waals surface area (Å²) in [7, 11) is 0. The van der Waals surface area contributed by atoms with E-state index in [0.29, 0.717) is 6.42 Å². The number of H-pyrrole nitrogens is 1. The summed E-state index contributed by atoms with van der Waals surface area (Å²) in [5.74, 6) is 0. The molecular formula is C13H14N4. The Labute approximate surface area is 100 Å². The van der Waals surface area contributed by atoms with Crippen LogP contribution < -0.4 is 0 Å². The maximum absolute atomic E-state index is 8.70. The second-order valence-electron chi connectivity index (χ2n) is 3.78. The van der Waals surface area contributed by atoms with E-state index in [1.807, 2.05) is 12.1 Å². The van der Waals surface area contributed by atoms with Gasteiger partial charge in [0.05, 0.1) is 11.8 Å². The van der Waals surface area contributed by atoms with Crippen LogP contribution in [0.25, 0.3) is 11.3 Å². The fraction of sp³-hybridized carbons (Fsp3) is 0.308. The second-order valence-corrected chi connectivity index (χ2v) is 3.78. The molecule has 0 saturated heterocycles. The number of nitriles is 1. The van der Waals surface area contributed by atoms with Gasteiger partial charge in [0.25, 0.3) is 0 Å². The lowest BCUT2D eigenvalue weighted by Crippen LogP contribution is -1.92. The zero-order chi connectivity index (χ0) is 12.1. The van der Waals surface area contributed by atoms with Gasteiger partial charge in [-0.15, -0.1) is 0 Å². The van der Waals surface area contributed by atoms with Crippen LogP contribution in [0, 0.1) is 11.3 Å². The molecule has 17 heavy (non-hydrogen) atoms. The zero-order valence-corrected chi connectivity index (χ0v) is 9.77. The van der Waals surface area contributed by atoms with Crippen LogP contribution in [-0.4, -0.2) is 15.2 Å². The van der Waals surface area contributed by atoms with Crippen LogP contribution in [0.3, 0.4) is 0 Å². The van der Waals surface area contributed by atoms with Crippen molar-refractivity contribution in [3.8, 4) is 17.3 Å². The third kappa shape index (κ3) is 2.34. The Balaban J connectivity index is 2.41. The predicted octanol–water partition coefficient (Wildman–Crippen LogP) is 2.49. The molecule has 0 aliphatic rings. The minimum atomic E-state index is 0.518. The van der Waals surface area contributed by atoms with Gasteiger partial charge in [0, 0.05) is 35.6 Å². The van der Waals surface area contributed by atoms with Gasteiger partial charge in [-0.2, -0.15) is 10.4 Å². The largest absolute Gasteiger partial charge is 0.282 e. The van der Waals surface area contributed by atoms with Crippen molar-refractivity contribution < 1.29 is 0 Å². The Hall–Kier alpha value is -2.15. The van der Waals surface area contributed by atoms with Gasteiger partial charge in [0.15, 0.2) is 0 Å². The van der Waals surface area contributed by atoms with Crippen molar-refractivity contribution in [3.63, 3.8) is 0 Å². The number of pyridine rings is 1. The van der Waals surface area contributed by atoms with E-state index < -0.39 is 0 Å². The first-order valence-electron chi connectivity index (χ1n) is 5.70. The van der Waals surface area contributed by atoms with Crippen LogP contribution in [0.15, 0.2) is 24.5 Å². The molecule has 0 amide bonds. The number of nitrogens with one attached hydrogen (secondary N) is 1. The summed E-state index contributed by atoms with van der Waals surface area (Å²) in [4.78, 5) is 4.00. The van der Waals surface area contributed by atoms with Crippen LogP contribution in [0.4, 0.5) is 0 Å². The number of aromatic nitrogens is 3. The molecule has 4 heteroatoms. The van der Waals surface area contributed by atoms with Gasteiger partial charge in [-0.3, -0.25) is 10.1 Å². The topological polar surface area (TPSA) is 65.4 Å². The number of nitrogens with zero attached hydrogens (tertiary/aromatic N) is 3. The molecule has 0 unspecified atom stereocenters. The fourth-order valence-corrected chi connectivity index (χ4v) is 1.89. The van der Waals surface area contributed by atoms with Gasteiger partial charge < -0.3 is 0 Å². The molecule has 2 rings (SSSR count). The summed E-state index contributed by atoms with van der Waals surface area (Å²) in [6.45, 7) is 2.08. The van der Waals surface area contributed by atoms with Crippen molar-refractivity contribution in [2.75, 3.05) is 0 Å². The summed E-state index contributed by atoms with van der Waals surface area (Å²) >= 11 is 0. The van der Waals surface area contributed by atoms with Crippen molar-refractivity contribution in [3.05, 3.63) is 35.8 Å². The Morgan fingerprint density at radius 3 is 2.76 bits per heavy atom. The minimum absolute atomic E-state index is 0.518. The van der Waals surface area contributed by atoms with Gasteiger partial charge in [-0.1, -0.05) is 6.92 Å². The van der Waals surface area contributed by atoms with Gasteiger partial charge in [0.1, 0.15) is 0 Å². The third-order valence-corrected chi connectivity index (χ3v) is 2.75. The number of rotatable bonds is 4. The highest BCUT2D eigenvalue weighted by molar-refractivity contribution is 5.63. The molecule has 1 N–H and O–H groups in total. The molecule has 0 aliphatic carbocycles. The molecule has 0 saturated carbocycles. The smallest absolute Gasteiger partial charge is 0.0956 e. The van der Waals surface area contributed by atoms with Crippen LogP contribution >= 0.6 is 0 Å². The molecule has 0 radical (unpaired) electrons.